The highest BCUT2D eigenvalue weighted by Crippen LogP contribution is 2.37. The number of nitrogens with zero attached hydrogens (tertiary/aromatic N) is 1. The first-order valence-electron chi connectivity index (χ1n) is 10.4. The first kappa shape index (κ1) is 21.8. The highest BCUT2D eigenvalue weighted by molar-refractivity contribution is 5.99. The molecule has 0 N–H and O–H groups in total. The number of likely N-dealkylation sites (N-methyl/N-ethyl adjacent to an activating group) is 1. The Labute approximate surface area is 179 Å². The summed E-state index contributed by atoms with van der Waals surface area (Å²) < 4.78 is 19.8. The molecule has 0 radical (unpaired) electrons. The van der Waals surface area contributed by atoms with Gasteiger partial charge >= 0.3 is 0 Å². The second-order valence-corrected chi connectivity index (χ2v) is 7.75. The number of halogens is 1. The van der Waals surface area contributed by atoms with Crippen LogP contribution in [-0.2, 0) is 0 Å². The SMILES string of the molecule is CC(CF)/C(=C(/c1ccccc1)c1ccc(OCCN(C)C)cc1)c1ccccc1. The zero-order valence-electron chi connectivity index (χ0n) is 18.0. The number of benzene rings is 3. The van der Waals surface area contributed by atoms with Crippen LogP contribution in [0.15, 0.2) is 84.9 Å². The summed E-state index contributed by atoms with van der Waals surface area (Å²) >= 11 is 0. The molecule has 30 heavy (non-hydrogen) atoms. The molecule has 2 nitrogen and oxygen atoms in total. The minimum absolute atomic E-state index is 0.223. The minimum atomic E-state index is -0.410. The Balaban J connectivity index is 2.08. The van der Waals surface area contributed by atoms with E-state index in [1.54, 1.807) is 0 Å². The van der Waals surface area contributed by atoms with E-state index in [-0.39, 0.29) is 5.92 Å². The lowest BCUT2D eigenvalue weighted by molar-refractivity contribution is 0.261. The second kappa shape index (κ2) is 10.7. The summed E-state index contributed by atoms with van der Waals surface area (Å²) in [6.07, 6.45) is 0. The molecule has 1 atom stereocenters. The Morgan fingerprint density at radius 1 is 0.800 bits per heavy atom. The molecule has 156 valence electrons. The van der Waals surface area contributed by atoms with Crippen molar-refractivity contribution in [3.63, 3.8) is 0 Å². The summed E-state index contributed by atoms with van der Waals surface area (Å²) in [4.78, 5) is 2.09. The van der Waals surface area contributed by atoms with Crippen LogP contribution in [0.3, 0.4) is 0 Å². The number of alkyl halides is 1. The fourth-order valence-electron chi connectivity index (χ4n) is 3.52. The highest BCUT2D eigenvalue weighted by Gasteiger charge is 2.19. The van der Waals surface area contributed by atoms with Crippen molar-refractivity contribution in [1.29, 1.82) is 0 Å². The second-order valence-electron chi connectivity index (χ2n) is 7.75. The number of allylic oxidation sites excluding steroid dienone is 1. The average molecular weight is 404 g/mol. The van der Waals surface area contributed by atoms with Crippen molar-refractivity contribution >= 4 is 11.1 Å². The summed E-state index contributed by atoms with van der Waals surface area (Å²) in [5.74, 6) is 0.617. The Morgan fingerprint density at radius 3 is 1.87 bits per heavy atom. The van der Waals surface area contributed by atoms with Crippen molar-refractivity contribution in [1.82, 2.24) is 4.90 Å². The Hall–Kier alpha value is -2.91. The van der Waals surface area contributed by atoms with E-state index in [1.807, 2.05) is 69.6 Å². The average Bonchev–Trinajstić information content (AvgIpc) is 2.78. The molecule has 0 aliphatic rings. The molecule has 0 fully saturated rings. The van der Waals surface area contributed by atoms with Crippen LogP contribution >= 0.6 is 0 Å². The van der Waals surface area contributed by atoms with E-state index in [2.05, 4.69) is 41.3 Å². The van der Waals surface area contributed by atoms with E-state index in [4.69, 9.17) is 4.74 Å². The van der Waals surface area contributed by atoms with Gasteiger partial charge in [0.15, 0.2) is 0 Å². The molecule has 0 amide bonds. The van der Waals surface area contributed by atoms with Crippen LogP contribution in [0.5, 0.6) is 5.75 Å². The van der Waals surface area contributed by atoms with Gasteiger partial charge in [-0.15, -0.1) is 0 Å². The van der Waals surface area contributed by atoms with E-state index in [0.29, 0.717) is 6.61 Å². The Bertz CT molecular complexity index is 934. The van der Waals surface area contributed by atoms with Gasteiger partial charge in [-0.2, -0.15) is 0 Å². The molecule has 0 heterocycles. The monoisotopic (exact) mass is 403 g/mol. The topological polar surface area (TPSA) is 12.5 Å². The predicted molar refractivity (Wildman–Crippen MR) is 124 cm³/mol. The zero-order valence-corrected chi connectivity index (χ0v) is 18.0. The molecule has 0 saturated carbocycles. The third-order valence-electron chi connectivity index (χ3n) is 5.09. The summed E-state index contributed by atoms with van der Waals surface area (Å²) in [6.45, 7) is 3.04. The van der Waals surface area contributed by atoms with Crippen LogP contribution in [0, 0.1) is 5.92 Å². The van der Waals surface area contributed by atoms with Gasteiger partial charge < -0.3 is 9.64 Å². The van der Waals surface area contributed by atoms with Gasteiger partial charge in [0.25, 0.3) is 0 Å². The molecule has 0 aliphatic carbocycles. The van der Waals surface area contributed by atoms with Crippen LogP contribution in [0.4, 0.5) is 4.39 Å². The number of ether oxygens (including phenoxy) is 1. The molecule has 0 aliphatic heterocycles. The first-order chi connectivity index (χ1) is 14.6. The van der Waals surface area contributed by atoms with Gasteiger partial charge in [-0.25, -0.2) is 0 Å². The zero-order chi connectivity index (χ0) is 21.3. The molecule has 0 bridgehead atoms. The number of rotatable bonds is 9. The standard InChI is InChI=1S/C27H30FNO/c1-21(20-28)26(22-10-6-4-7-11-22)27(23-12-8-5-9-13-23)24-14-16-25(17-15-24)30-19-18-29(2)3/h4-17,21H,18-20H2,1-3H3/b27-26+. The van der Waals surface area contributed by atoms with E-state index < -0.39 is 6.67 Å². The molecule has 3 heteroatoms. The van der Waals surface area contributed by atoms with E-state index in [9.17, 15) is 4.39 Å². The normalized spacial score (nSPS) is 13.1. The van der Waals surface area contributed by atoms with Gasteiger partial charge in [0.05, 0.1) is 6.67 Å². The maximum atomic E-state index is 13.9. The van der Waals surface area contributed by atoms with Crippen LogP contribution in [0.25, 0.3) is 11.1 Å². The van der Waals surface area contributed by atoms with E-state index in [1.165, 1.54) is 0 Å². The van der Waals surface area contributed by atoms with Gasteiger partial charge in [0.1, 0.15) is 12.4 Å². The fraction of sp³-hybridized carbons (Fsp3) is 0.259. The van der Waals surface area contributed by atoms with Crippen molar-refractivity contribution in [2.24, 2.45) is 5.92 Å². The van der Waals surface area contributed by atoms with Gasteiger partial charge in [-0.05, 0) is 54.1 Å². The van der Waals surface area contributed by atoms with Crippen LogP contribution < -0.4 is 4.74 Å². The van der Waals surface area contributed by atoms with Gasteiger partial charge in [-0.1, -0.05) is 79.7 Å². The molecule has 0 aromatic heterocycles. The fourth-order valence-corrected chi connectivity index (χ4v) is 3.52. The number of hydrogen-bond donors (Lipinski definition) is 0. The smallest absolute Gasteiger partial charge is 0.119 e. The minimum Gasteiger partial charge on any atom is -0.492 e. The van der Waals surface area contributed by atoms with Crippen molar-refractivity contribution in [2.45, 2.75) is 6.92 Å². The molecule has 3 rings (SSSR count). The van der Waals surface area contributed by atoms with Gasteiger partial charge in [0.2, 0.25) is 0 Å². The van der Waals surface area contributed by atoms with Crippen molar-refractivity contribution in [2.75, 3.05) is 33.9 Å². The molecule has 3 aromatic rings. The largest absolute Gasteiger partial charge is 0.492 e. The lowest BCUT2D eigenvalue weighted by atomic mass is 9.84. The molecule has 1 unspecified atom stereocenters. The molecule has 0 saturated heterocycles. The summed E-state index contributed by atoms with van der Waals surface area (Å²) in [6, 6.07) is 28.5. The number of hydrogen-bond acceptors (Lipinski definition) is 2. The van der Waals surface area contributed by atoms with Crippen molar-refractivity contribution < 1.29 is 9.13 Å². The molecule has 3 aromatic carbocycles. The summed E-state index contributed by atoms with van der Waals surface area (Å²) in [5, 5.41) is 0. The maximum absolute atomic E-state index is 13.9. The highest BCUT2D eigenvalue weighted by atomic mass is 19.1. The quantitative estimate of drug-likeness (QED) is 0.395. The first-order valence-corrected chi connectivity index (χ1v) is 10.4. The van der Waals surface area contributed by atoms with Crippen LogP contribution in [-0.4, -0.2) is 38.8 Å². The van der Waals surface area contributed by atoms with Crippen LogP contribution in [0.2, 0.25) is 0 Å². The lowest BCUT2D eigenvalue weighted by Crippen LogP contribution is -2.19. The summed E-state index contributed by atoms with van der Waals surface area (Å²) in [5.41, 5.74) is 5.27. The van der Waals surface area contributed by atoms with Gasteiger partial charge in [0, 0.05) is 12.5 Å². The van der Waals surface area contributed by atoms with E-state index >= 15 is 0 Å². The maximum Gasteiger partial charge on any atom is 0.119 e. The Morgan fingerprint density at radius 2 is 1.33 bits per heavy atom. The van der Waals surface area contributed by atoms with Crippen LogP contribution in [0.1, 0.15) is 23.6 Å². The third kappa shape index (κ3) is 5.58. The third-order valence-corrected chi connectivity index (χ3v) is 5.09. The van der Waals surface area contributed by atoms with Crippen molar-refractivity contribution in [3.05, 3.63) is 102 Å². The molecule has 0 spiro atoms. The molecular weight excluding hydrogens is 373 g/mol. The lowest BCUT2D eigenvalue weighted by Gasteiger charge is -2.21. The Kier molecular flexibility index (Phi) is 7.81. The molecular formula is C27H30FNO. The van der Waals surface area contributed by atoms with Crippen molar-refractivity contribution in [3.8, 4) is 5.75 Å². The van der Waals surface area contributed by atoms with Gasteiger partial charge in [-0.3, -0.25) is 4.39 Å². The van der Waals surface area contributed by atoms with E-state index in [0.717, 1.165) is 40.1 Å². The summed E-state index contributed by atoms with van der Waals surface area (Å²) in [7, 11) is 4.06. The predicted octanol–water partition coefficient (Wildman–Crippen LogP) is 6.19.